The average molecular weight is 301 g/mol. The Morgan fingerprint density at radius 2 is 2.10 bits per heavy atom. The molecule has 1 N–H and O–H groups in total. The first-order chi connectivity index (χ1) is 10.3. The maximum Gasteiger partial charge on any atom is 0.0637 e. The monoisotopic (exact) mass is 300 g/mol. The van der Waals surface area contributed by atoms with Gasteiger partial charge in [0.05, 0.1) is 5.02 Å². The van der Waals surface area contributed by atoms with Gasteiger partial charge in [-0.2, -0.15) is 0 Å². The molecule has 0 radical (unpaired) electrons. The molecule has 1 aromatic heterocycles. The predicted molar refractivity (Wildman–Crippen MR) is 87.6 cm³/mol. The number of hydrogen-bond donors (Lipinski definition) is 1. The first kappa shape index (κ1) is 14.6. The number of pyridine rings is 1. The molecular weight excluding hydrogens is 280 g/mol. The molecule has 1 aliphatic rings. The SMILES string of the molecule is CCCNC(c1ccncc1Cl)C1CC1c1ccccc1. The summed E-state index contributed by atoms with van der Waals surface area (Å²) in [7, 11) is 0. The minimum atomic E-state index is 0.325. The van der Waals surface area contributed by atoms with E-state index in [1.165, 1.54) is 17.5 Å². The maximum atomic E-state index is 6.36. The van der Waals surface area contributed by atoms with Crippen LogP contribution in [0.25, 0.3) is 0 Å². The third-order valence-corrected chi connectivity index (χ3v) is 4.56. The second-order valence-corrected chi connectivity index (χ2v) is 6.15. The molecule has 0 spiro atoms. The van der Waals surface area contributed by atoms with Crippen molar-refractivity contribution in [3.63, 3.8) is 0 Å². The van der Waals surface area contributed by atoms with Crippen molar-refractivity contribution < 1.29 is 0 Å². The molecule has 110 valence electrons. The lowest BCUT2D eigenvalue weighted by Gasteiger charge is -2.20. The molecule has 1 aliphatic carbocycles. The molecule has 3 atom stereocenters. The van der Waals surface area contributed by atoms with Crippen LogP contribution in [0.5, 0.6) is 0 Å². The number of rotatable bonds is 6. The molecule has 2 aromatic rings. The molecule has 0 bridgehead atoms. The number of hydrogen-bond acceptors (Lipinski definition) is 2. The van der Waals surface area contributed by atoms with E-state index in [9.17, 15) is 0 Å². The van der Waals surface area contributed by atoms with Gasteiger partial charge in [-0.25, -0.2) is 0 Å². The van der Waals surface area contributed by atoms with Crippen LogP contribution >= 0.6 is 11.6 Å². The number of nitrogens with one attached hydrogen (secondary N) is 1. The number of aromatic nitrogens is 1. The summed E-state index contributed by atoms with van der Waals surface area (Å²) in [6.07, 6.45) is 5.94. The second-order valence-electron chi connectivity index (χ2n) is 5.75. The first-order valence-electron chi connectivity index (χ1n) is 7.69. The molecular formula is C18H21ClN2. The van der Waals surface area contributed by atoms with Crippen LogP contribution < -0.4 is 5.32 Å². The topological polar surface area (TPSA) is 24.9 Å². The van der Waals surface area contributed by atoms with Crippen LogP contribution in [0.3, 0.4) is 0 Å². The largest absolute Gasteiger partial charge is 0.310 e. The summed E-state index contributed by atoms with van der Waals surface area (Å²) >= 11 is 6.36. The molecule has 3 rings (SSSR count). The summed E-state index contributed by atoms with van der Waals surface area (Å²) in [6, 6.07) is 13.2. The molecule has 3 heteroatoms. The Morgan fingerprint density at radius 3 is 2.81 bits per heavy atom. The summed E-state index contributed by atoms with van der Waals surface area (Å²) in [5, 5.41) is 4.44. The van der Waals surface area contributed by atoms with Gasteiger partial charge >= 0.3 is 0 Å². The van der Waals surface area contributed by atoms with Crippen LogP contribution in [-0.2, 0) is 0 Å². The maximum absolute atomic E-state index is 6.36. The lowest BCUT2D eigenvalue weighted by Crippen LogP contribution is -2.24. The lowest BCUT2D eigenvalue weighted by molar-refractivity contribution is 0.473. The summed E-state index contributed by atoms with van der Waals surface area (Å²) in [6.45, 7) is 3.21. The van der Waals surface area contributed by atoms with E-state index in [4.69, 9.17) is 11.6 Å². The predicted octanol–water partition coefficient (Wildman–Crippen LogP) is 4.58. The van der Waals surface area contributed by atoms with E-state index in [1.54, 1.807) is 6.20 Å². The minimum Gasteiger partial charge on any atom is -0.310 e. The van der Waals surface area contributed by atoms with Crippen LogP contribution in [-0.4, -0.2) is 11.5 Å². The van der Waals surface area contributed by atoms with E-state index in [0.717, 1.165) is 18.0 Å². The zero-order valence-electron chi connectivity index (χ0n) is 12.3. The number of halogens is 1. The van der Waals surface area contributed by atoms with Gasteiger partial charge < -0.3 is 5.32 Å². The molecule has 2 nitrogen and oxygen atoms in total. The zero-order valence-corrected chi connectivity index (χ0v) is 13.1. The zero-order chi connectivity index (χ0) is 14.7. The molecule has 1 aromatic carbocycles. The van der Waals surface area contributed by atoms with Gasteiger partial charge in [-0.1, -0.05) is 48.9 Å². The molecule has 1 saturated carbocycles. The van der Waals surface area contributed by atoms with E-state index in [2.05, 4.69) is 53.6 Å². The van der Waals surface area contributed by atoms with Gasteiger partial charge in [0.2, 0.25) is 0 Å². The summed E-state index contributed by atoms with van der Waals surface area (Å²) in [5.74, 6) is 1.27. The van der Waals surface area contributed by atoms with Crippen LogP contribution in [0.15, 0.2) is 48.8 Å². The molecule has 1 heterocycles. The Bertz CT molecular complexity index is 585. The number of nitrogens with zero attached hydrogens (tertiary/aromatic N) is 1. The van der Waals surface area contributed by atoms with Crippen molar-refractivity contribution in [2.24, 2.45) is 5.92 Å². The number of benzene rings is 1. The quantitative estimate of drug-likeness (QED) is 0.844. The van der Waals surface area contributed by atoms with Crippen LogP contribution in [0.1, 0.15) is 42.9 Å². The van der Waals surface area contributed by atoms with E-state index >= 15 is 0 Å². The van der Waals surface area contributed by atoms with Gasteiger partial charge in [0.25, 0.3) is 0 Å². The van der Waals surface area contributed by atoms with E-state index < -0.39 is 0 Å². The molecule has 3 unspecified atom stereocenters. The van der Waals surface area contributed by atoms with Crippen molar-refractivity contribution in [3.8, 4) is 0 Å². The molecule has 0 saturated heterocycles. The van der Waals surface area contributed by atoms with E-state index in [0.29, 0.717) is 17.9 Å². The standard InChI is InChI=1S/C18H21ClN2/c1-2-9-21-18(14-8-10-20-12-17(14)19)16-11-15(16)13-6-4-3-5-7-13/h3-8,10,12,15-16,18,21H,2,9,11H2,1H3. The summed E-state index contributed by atoms with van der Waals surface area (Å²) < 4.78 is 0. The summed E-state index contributed by atoms with van der Waals surface area (Å²) in [4.78, 5) is 4.10. The van der Waals surface area contributed by atoms with Crippen molar-refractivity contribution in [2.45, 2.75) is 31.7 Å². The van der Waals surface area contributed by atoms with Crippen molar-refractivity contribution in [1.29, 1.82) is 0 Å². The second kappa shape index (κ2) is 6.59. The van der Waals surface area contributed by atoms with Crippen molar-refractivity contribution in [2.75, 3.05) is 6.54 Å². The van der Waals surface area contributed by atoms with Gasteiger partial charge in [0.15, 0.2) is 0 Å². The van der Waals surface area contributed by atoms with Crippen LogP contribution in [0.2, 0.25) is 5.02 Å². The Kier molecular flexibility index (Phi) is 4.57. The van der Waals surface area contributed by atoms with Crippen LogP contribution in [0, 0.1) is 5.92 Å². The Hall–Kier alpha value is -1.38. The van der Waals surface area contributed by atoms with Gasteiger partial charge in [-0.3, -0.25) is 4.98 Å². The molecule has 21 heavy (non-hydrogen) atoms. The van der Waals surface area contributed by atoms with Gasteiger partial charge in [0, 0.05) is 18.4 Å². The molecule has 0 aliphatic heterocycles. The highest BCUT2D eigenvalue weighted by molar-refractivity contribution is 6.31. The molecule has 0 amide bonds. The minimum absolute atomic E-state index is 0.325. The average Bonchev–Trinajstić information content (AvgIpc) is 3.31. The van der Waals surface area contributed by atoms with Crippen molar-refractivity contribution in [1.82, 2.24) is 10.3 Å². The first-order valence-corrected chi connectivity index (χ1v) is 8.06. The third-order valence-electron chi connectivity index (χ3n) is 4.25. The Morgan fingerprint density at radius 1 is 1.29 bits per heavy atom. The third kappa shape index (κ3) is 3.28. The smallest absolute Gasteiger partial charge is 0.0637 e. The fraction of sp³-hybridized carbons (Fsp3) is 0.389. The van der Waals surface area contributed by atoms with Gasteiger partial charge in [-0.15, -0.1) is 0 Å². The fourth-order valence-corrected chi connectivity index (χ4v) is 3.33. The normalized spacial score (nSPS) is 22.0. The molecule has 1 fully saturated rings. The highest BCUT2D eigenvalue weighted by Gasteiger charge is 2.44. The lowest BCUT2D eigenvalue weighted by atomic mass is 9.99. The summed E-state index contributed by atoms with van der Waals surface area (Å²) in [5.41, 5.74) is 2.62. The Labute approximate surface area is 131 Å². The highest BCUT2D eigenvalue weighted by atomic mass is 35.5. The van der Waals surface area contributed by atoms with Crippen LogP contribution in [0.4, 0.5) is 0 Å². The van der Waals surface area contributed by atoms with Crippen molar-refractivity contribution in [3.05, 3.63) is 64.9 Å². The van der Waals surface area contributed by atoms with Crippen molar-refractivity contribution >= 4 is 11.6 Å². The highest BCUT2D eigenvalue weighted by Crippen LogP contribution is 2.54. The fourth-order valence-electron chi connectivity index (χ4n) is 3.10. The van der Waals surface area contributed by atoms with E-state index in [-0.39, 0.29) is 0 Å². The van der Waals surface area contributed by atoms with E-state index in [1.807, 2.05) is 6.20 Å². The van der Waals surface area contributed by atoms with Gasteiger partial charge in [-0.05, 0) is 48.4 Å². The Balaban J connectivity index is 1.80. The van der Waals surface area contributed by atoms with Gasteiger partial charge in [0.1, 0.15) is 0 Å².